The lowest BCUT2D eigenvalue weighted by Gasteiger charge is -2.20. The zero-order valence-electron chi connectivity index (χ0n) is 11.2. The predicted molar refractivity (Wildman–Crippen MR) is 74.0 cm³/mol. The first-order valence-corrected chi connectivity index (χ1v) is 7.66. The van der Waals surface area contributed by atoms with E-state index < -0.39 is 28.1 Å². The average Bonchev–Trinajstić information content (AvgIpc) is 2.85. The number of aliphatic carboxylic acids is 1. The van der Waals surface area contributed by atoms with Crippen molar-refractivity contribution in [2.24, 2.45) is 5.11 Å². The maximum Gasteiger partial charge on any atom is 0.322 e. The molecule has 1 fully saturated rings. The van der Waals surface area contributed by atoms with Crippen LogP contribution in [0.5, 0.6) is 0 Å². The molecule has 0 radical (unpaired) electrons. The molecular formula is C12H14N4O4S. The van der Waals surface area contributed by atoms with E-state index >= 15 is 0 Å². The molecule has 9 heteroatoms. The first-order chi connectivity index (χ1) is 9.86. The minimum absolute atomic E-state index is 0.0233. The molecule has 1 unspecified atom stereocenters. The van der Waals surface area contributed by atoms with Crippen molar-refractivity contribution >= 4 is 16.0 Å². The normalized spacial score (nSPS) is 22.7. The van der Waals surface area contributed by atoms with Crippen molar-refractivity contribution in [3.63, 3.8) is 0 Å². The smallest absolute Gasteiger partial charge is 0.322 e. The highest BCUT2D eigenvalue weighted by atomic mass is 32.2. The van der Waals surface area contributed by atoms with Crippen LogP contribution in [0, 0.1) is 6.92 Å². The van der Waals surface area contributed by atoms with E-state index in [1.165, 1.54) is 12.1 Å². The van der Waals surface area contributed by atoms with Gasteiger partial charge in [0.05, 0.1) is 10.9 Å². The molecule has 1 aromatic carbocycles. The van der Waals surface area contributed by atoms with E-state index in [1.807, 2.05) is 6.92 Å². The van der Waals surface area contributed by atoms with Gasteiger partial charge in [-0.25, -0.2) is 8.42 Å². The van der Waals surface area contributed by atoms with Crippen molar-refractivity contribution in [3.8, 4) is 0 Å². The Hall–Kier alpha value is -2.09. The fourth-order valence-corrected chi connectivity index (χ4v) is 3.91. The van der Waals surface area contributed by atoms with Crippen LogP contribution in [0.3, 0.4) is 0 Å². The molecule has 1 aliphatic rings. The van der Waals surface area contributed by atoms with E-state index in [2.05, 4.69) is 10.0 Å². The molecule has 2 atom stereocenters. The lowest BCUT2D eigenvalue weighted by atomic mass is 10.2. The second-order valence-electron chi connectivity index (χ2n) is 4.84. The highest BCUT2D eigenvalue weighted by molar-refractivity contribution is 7.89. The topological polar surface area (TPSA) is 123 Å². The van der Waals surface area contributed by atoms with Crippen LogP contribution in [0.4, 0.5) is 0 Å². The zero-order valence-corrected chi connectivity index (χ0v) is 12.1. The van der Waals surface area contributed by atoms with E-state index in [4.69, 9.17) is 5.53 Å². The Labute approximate surface area is 121 Å². The molecular weight excluding hydrogens is 296 g/mol. The van der Waals surface area contributed by atoms with Gasteiger partial charge in [-0.05, 0) is 31.0 Å². The second kappa shape index (κ2) is 5.72. The van der Waals surface area contributed by atoms with E-state index in [1.54, 1.807) is 12.1 Å². The highest BCUT2D eigenvalue weighted by Gasteiger charge is 2.43. The molecule has 1 heterocycles. The second-order valence-corrected chi connectivity index (χ2v) is 6.73. The van der Waals surface area contributed by atoms with Crippen LogP contribution in [-0.4, -0.2) is 42.4 Å². The number of azide groups is 1. The Kier molecular flexibility index (Phi) is 4.17. The number of carboxylic acids is 1. The third kappa shape index (κ3) is 2.99. The van der Waals surface area contributed by atoms with Crippen molar-refractivity contribution in [2.75, 3.05) is 6.54 Å². The molecule has 1 saturated heterocycles. The summed E-state index contributed by atoms with van der Waals surface area (Å²) in [4.78, 5) is 13.9. The monoisotopic (exact) mass is 310 g/mol. The van der Waals surface area contributed by atoms with Gasteiger partial charge in [0.25, 0.3) is 0 Å². The largest absolute Gasteiger partial charge is 0.480 e. The predicted octanol–water partition coefficient (Wildman–Crippen LogP) is 1.52. The number of nitrogens with zero attached hydrogens (tertiary/aromatic N) is 4. The minimum atomic E-state index is -3.93. The number of aryl methyl sites for hydroxylation is 1. The Balaban J connectivity index is 2.39. The molecule has 0 aliphatic carbocycles. The third-order valence-corrected chi connectivity index (χ3v) is 5.25. The maximum atomic E-state index is 12.5. The van der Waals surface area contributed by atoms with Crippen molar-refractivity contribution < 1.29 is 18.3 Å². The summed E-state index contributed by atoms with van der Waals surface area (Å²) in [6, 6.07) is 4.27. The molecule has 1 aromatic rings. The van der Waals surface area contributed by atoms with Gasteiger partial charge in [0.15, 0.2) is 0 Å². The molecule has 0 aromatic heterocycles. The van der Waals surface area contributed by atoms with Crippen LogP contribution in [0.15, 0.2) is 34.3 Å². The number of benzene rings is 1. The number of hydrogen-bond acceptors (Lipinski definition) is 4. The van der Waals surface area contributed by atoms with E-state index in [0.717, 1.165) is 9.87 Å². The Morgan fingerprint density at radius 3 is 2.57 bits per heavy atom. The fourth-order valence-electron chi connectivity index (χ4n) is 2.28. The molecule has 21 heavy (non-hydrogen) atoms. The molecule has 8 nitrogen and oxygen atoms in total. The number of carboxylic acid groups (broad SMARTS) is 1. The Bertz CT molecular complexity index is 694. The van der Waals surface area contributed by atoms with Crippen LogP contribution in [-0.2, 0) is 14.8 Å². The van der Waals surface area contributed by atoms with Gasteiger partial charge in [-0.3, -0.25) is 4.79 Å². The van der Waals surface area contributed by atoms with E-state index in [0.29, 0.717) is 0 Å². The Morgan fingerprint density at radius 1 is 1.43 bits per heavy atom. The van der Waals surface area contributed by atoms with Crippen LogP contribution in [0.25, 0.3) is 10.4 Å². The quantitative estimate of drug-likeness (QED) is 0.514. The van der Waals surface area contributed by atoms with Gasteiger partial charge in [-0.15, -0.1) is 0 Å². The summed E-state index contributed by atoms with van der Waals surface area (Å²) in [7, 11) is -3.93. The summed E-state index contributed by atoms with van der Waals surface area (Å²) in [6.07, 6.45) is -0.0233. The van der Waals surface area contributed by atoms with E-state index in [-0.39, 0.29) is 17.9 Å². The van der Waals surface area contributed by atoms with Crippen LogP contribution >= 0.6 is 0 Å². The van der Waals surface area contributed by atoms with Crippen molar-refractivity contribution in [1.29, 1.82) is 0 Å². The number of hydrogen-bond donors (Lipinski definition) is 1. The fraction of sp³-hybridized carbons (Fsp3) is 0.417. The molecule has 0 bridgehead atoms. The zero-order chi connectivity index (χ0) is 15.6. The first-order valence-electron chi connectivity index (χ1n) is 6.22. The third-order valence-electron chi connectivity index (χ3n) is 3.36. The summed E-state index contributed by atoms with van der Waals surface area (Å²) < 4.78 is 26.0. The number of carbonyl (C=O) groups is 1. The first kappa shape index (κ1) is 15.3. The van der Waals surface area contributed by atoms with Crippen molar-refractivity contribution in [3.05, 3.63) is 40.3 Å². The van der Waals surface area contributed by atoms with Gasteiger partial charge in [0, 0.05) is 11.5 Å². The lowest BCUT2D eigenvalue weighted by Crippen LogP contribution is -2.40. The maximum absolute atomic E-state index is 12.5. The molecule has 2 rings (SSSR count). The molecule has 112 valence electrons. The summed E-state index contributed by atoms with van der Waals surface area (Å²) in [5.74, 6) is -1.25. The summed E-state index contributed by atoms with van der Waals surface area (Å²) >= 11 is 0. The van der Waals surface area contributed by atoms with Gasteiger partial charge in [-0.1, -0.05) is 22.8 Å². The summed E-state index contributed by atoms with van der Waals surface area (Å²) in [6.45, 7) is 1.70. The SMILES string of the molecule is Cc1ccc(S(=O)(=O)N2CC(N=[N+]=[N-])C[C@H]2C(=O)O)cc1. The molecule has 0 saturated carbocycles. The standard InChI is InChI=1S/C12H14N4O4S/c1-8-2-4-10(5-3-8)21(19,20)16-7-9(14-15-13)6-11(16)12(17)18/h2-5,9,11H,6-7H2,1H3,(H,17,18)/t9?,11-/m0/s1. The average molecular weight is 310 g/mol. The highest BCUT2D eigenvalue weighted by Crippen LogP contribution is 2.28. The lowest BCUT2D eigenvalue weighted by molar-refractivity contribution is -0.140. The molecule has 0 amide bonds. The van der Waals surface area contributed by atoms with Crippen molar-refractivity contribution in [2.45, 2.75) is 30.3 Å². The summed E-state index contributed by atoms with van der Waals surface area (Å²) in [5, 5.41) is 12.6. The minimum Gasteiger partial charge on any atom is -0.480 e. The van der Waals surface area contributed by atoms with Crippen LogP contribution < -0.4 is 0 Å². The number of sulfonamides is 1. The van der Waals surface area contributed by atoms with Gasteiger partial charge in [0.2, 0.25) is 10.0 Å². The van der Waals surface area contributed by atoms with Gasteiger partial charge in [0.1, 0.15) is 6.04 Å². The molecule has 1 N–H and O–H groups in total. The molecule has 0 spiro atoms. The van der Waals surface area contributed by atoms with Gasteiger partial charge < -0.3 is 5.11 Å². The van der Waals surface area contributed by atoms with Crippen LogP contribution in [0.2, 0.25) is 0 Å². The number of rotatable bonds is 4. The van der Waals surface area contributed by atoms with E-state index in [9.17, 15) is 18.3 Å². The summed E-state index contributed by atoms with van der Waals surface area (Å²) in [5.41, 5.74) is 9.33. The van der Waals surface area contributed by atoms with Gasteiger partial charge in [-0.2, -0.15) is 4.31 Å². The molecule has 1 aliphatic heterocycles. The Morgan fingerprint density at radius 2 is 2.05 bits per heavy atom. The van der Waals surface area contributed by atoms with Crippen molar-refractivity contribution in [1.82, 2.24) is 4.31 Å². The van der Waals surface area contributed by atoms with Gasteiger partial charge >= 0.3 is 5.97 Å². The van der Waals surface area contributed by atoms with Crippen LogP contribution in [0.1, 0.15) is 12.0 Å².